The fraction of sp³-hybridized carbons (Fsp3) is 0.0588. The maximum atomic E-state index is 11.3. The number of H-pyrrole nitrogens is 1. The van der Waals surface area contributed by atoms with E-state index in [2.05, 4.69) is 25.0 Å². The minimum atomic E-state index is -0.631. The minimum Gasteiger partial charge on any atom is -0.296 e. The summed E-state index contributed by atoms with van der Waals surface area (Å²) in [6, 6.07) is 13.2. The first-order valence-corrected chi connectivity index (χ1v) is 7.83. The van der Waals surface area contributed by atoms with Crippen LogP contribution in [0.2, 0.25) is 5.02 Å². The van der Waals surface area contributed by atoms with Crippen molar-refractivity contribution in [1.29, 1.82) is 0 Å². The summed E-state index contributed by atoms with van der Waals surface area (Å²) in [7, 11) is 0. The van der Waals surface area contributed by atoms with Crippen LogP contribution >= 0.6 is 11.6 Å². The van der Waals surface area contributed by atoms with E-state index in [4.69, 9.17) is 11.6 Å². The molecule has 0 fully saturated rings. The molecule has 2 aromatic carbocycles. The molecule has 2 heterocycles. The molecule has 0 aliphatic rings. The highest BCUT2D eigenvalue weighted by atomic mass is 35.5. The van der Waals surface area contributed by atoms with Crippen molar-refractivity contribution in [2.24, 2.45) is 0 Å². The highest BCUT2D eigenvalue weighted by Crippen LogP contribution is 2.30. The number of nitrogens with one attached hydrogen (secondary N) is 1. The minimum absolute atomic E-state index is 0.294. The summed E-state index contributed by atoms with van der Waals surface area (Å²) >= 11 is 6.17. The van der Waals surface area contributed by atoms with Gasteiger partial charge in [0.2, 0.25) is 0 Å². The van der Waals surface area contributed by atoms with E-state index in [-0.39, 0.29) is 0 Å². The first-order chi connectivity index (χ1) is 12.1. The van der Waals surface area contributed by atoms with Crippen LogP contribution in [0, 0.1) is 6.92 Å². The second-order valence-corrected chi connectivity index (χ2v) is 5.94. The predicted molar refractivity (Wildman–Crippen MR) is 92.7 cm³/mol. The van der Waals surface area contributed by atoms with Crippen LogP contribution in [0.5, 0.6) is 0 Å². The molecule has 1 N–H and O–H groups in total. The van der Waals surface area contributed by atoms with E-state index in [1.165, 1.54) is 0 Å². The smallest absolute Gasteiger partial charge is 0.296 e. The molecule has 0 aliphatic carbocycles. The van der Waals surface area contributed by atoms with Gasteiger partial charge in [0.15, 0.2) is 5.82 Å². The van der Waals surface area contributed by atoms with E-state index in [9.17, 15) is 4.79 Å². The number of aromatic amines is 1. The third-order valence-electron chi connectivity index (χ3n) is 3.75. The van der Waals surface area contributed by atoms with Gasteiger partial charge in [-0.05, 0) is 31.2 Å². The molecular formula is C17H12ClN5O2. The van der Waals surface area contributed by atoms with Crippen molar-refractivity contribution in [3.05, 3.63) is 69.8 Å². The van der Waals surface area contributed by atoms with Gasteiger partial charge in [-0.3, -0.25) is 9.51 Å². The number of nitrogens with zero attached hydrogens (tertiary/aromatic N) is 4. The van der Waals surface area contributed by atoms with Crippen molar-refractivity contribution in [3.8, 4) is 28.3 Å². The zero-order valence-corrected chi connectivity index (χ0v) is 13.9. The summed E-state index contributed by atoms with van der Waals surface area (Å²) in [6.07, 6.45) is 1.67. The fourth-order valence-electron chi connectivity index (χ4n) is 2.64. The van der Waals surface area contributed by atoms with E-state index >= 15 is 0 Å². The second-order valence-electron chi connectivity index (χ2n) is 5.51. The molecule has 0 saturated carbocycles. The van der Waals surface area contributed by atoms with Crippen molar-refractivity contribution in [2.75, 3.05) is 0 Å². The Kier molecular flexibility index (Phi) is 3.70. The number of hydrogen-bond acceptors (Lipinski definition) is 5. The Morgan fingerprint density at radius 1 is 1.20 bits per heavy atom. The van der Waals surface area contributed by atoms with E-state index in [0.29, 0.717) is 22.1 Å². The van der Waals surface area contributed by atoms with Gasteiger partial charge in [0.25, 0.3) is 0 Å². The Morgan fingerprint density at radius 2 is 2.08 bits per heavy atom. The van der Waals surface area contributed by atoms with Crippen LogP contribution in [0.15, 0.2) is 58.0 Å². The Bertz CT molecular complexity index is 1110. The lowest BCUT2D eigenvalue weighted by Gasteiger charge is -2.11. The molecule has 124 valence electrons. The number of rotatable bonds is 3. The largest absolute Gasteiger partial charge is 0.439 e. The van der Waals surface area contributed by atoms with E-state index < -0.39 is 5.76 Å². The maximum absolute atomic E-state index is 11.3. The van der Waals surface area contributed by atoms with Crippen molar-refractivity contribution >= 4 is 11.6 Å². The van der Waals surface area contributed by atoms with Gasteiger partial charge < -0.3 is 0 Å². The molecule has 0 atom stereocenters. The fourth-order valence-corrected chi connectivity index (χ4v) is 2.81. The average Bonchev–Trinajstić information content (AvgIpc) is 3.23. The quantitative estimate of drug-likeness (QED) is 0.610. The van der Waals surface area contributed by atoms with Crippen LogP contribution in [0.4, 0.5) is 0 Å². The molecule has 0 radical (unpaired) electrons. The highest BCUT2D eigenvalue weighted by Gasteiger charge is 2.17. The molecule has 4 aromatic rings. The van der Waals surface area contributed by atoms with E-state index in [1.807, 2.05) is 31.2 Å². The molecule has 0 amide bonds. The normalized spacial score (nSPS) is 11.0. The van der Waals surface area contributed by atoms with Gasteiger partial charge in [-0.15, -0.1) is 5.10 Å². The number of aromatic nitrogens is 5. The maximum Gasteiger partial charge on any atom is 0.439 e. The van der Waals surface area contributed by atoms with Crippen LogP contribution < -0.4 is 5.76 Å². The van der Waals surface area contributed by atoms with Crippen LogP contribution in [-0.4, -0.2) is 25.1 Å². The SMILES string of the molecule is Cc1cccc(-c2cnnn2-c2cc(Cl)ccc2-c2noc(=O)[nH]2)c1. The van der Waals surface area contributed by atoms with E-state index in [1.54, 1.807) is 29.1 Å². The predicted octanol–water partition coefficient (Wildman–Crippen LogP) is 3.24. The third-order valence-corrected chi connectivity index (χ3v) is 3.98. The number of aryl methyl sites for hydroxylation is 1. The summed E-state index contributed by atoms with van der Waals surface area (Å²) < 4.78 is 6.27. The van der Waals surface area contributed by atoms with Gasteiger partial charge >= 0.3 is 5.76 Å². The number of benzene rings is 2. The second kappa shape index (κ2) is 6.03. The lowest BCUT2D eigenvalue weighted by molar-refractivity contribution is 0.388. The van der Waals surface area contributed by atoms with Crippen LogP contribution in [0.1, 0.15) is 5.56 Å². The van der Waals surface area contributed by atoms with Gasteiger partial charge in [0.05, 0.1) is 17.6 Å². The third kappa shape index (κ3) is 2.85. The molecule has 0 bridgehead atoms. The average molecular weight is 354 g/mol. The lowest BCUT2D eigenvalue weighted by Crippen LogP contribution is -2.03. The number of hydrogen-bond donors (Lipinski definition) is 1. The molecule has 2 aromatic heterocycles. The molecular weight excluding hydrogens is 342 g/mol. The molecule has 25 heavy (non-hydrogen) atoms. The van der Waals surface area contributed by atoms with E-state index in [0.717, 1.165) is 16.8 Å². The van der Waals surface area contributed by atoms with Crippen LogP contribution in [0.3, 0.4) is 0 Å². The monoisotopic (exact) mass is 353 g/mol. The molecule has 0 aliphatic heterocycles. The first kappa shape index (κ1) is 15.3. The molecule has 0 spiro atoms. The van der Waals surface area contributed by atoms with Gasteiger partial charge in [-0.25, -0.2) is 9.48 Å². The molecule has 7 nitrogen and oxygen atoms in total. The standard InChI is InChI=1S/C17H12ClN5O2/c1-10-3-2-4-11(7-10)15-9-19-22-23(15)14-8-12(18)5-6-13(14)16-20-17(24)25-21-16/h2-9H,1H3,(H,20,21,24). The van der Waals surface area contributed by atoms with Gasteiger partial charge in [0.1, 0.15) is 0 Å². The Morgan fingerprint density at radius 3 is 2.84 bits per heavy atom. The zero-order chi connectivity index (χ0) is 17.4. The molecule has 0 saturated heterocycles. The summed E-state index contributed by atoms with van der Waals surface area (Å²) in [4.78, 5) is 13.9. The van der Waals surface area contributed by atoms with Gasteiger partial charge in [-0.2, -0.15) is 0 Å². The van der Waals surface area contributed by atoms with Crippen LogP contribution in [-0.2, 0) is 0 Å². The van der Waals surface area contributed by atoms with Gasteiger partial charge in [-0.1, -0.05) is 45.7 Å². The molecule has 0 unspecified atom stereocenters. The van der Waals surface area contributed by atoms with Crippen molar-refractivity contribution in [1.82, 2.24) is 25.1 Å². The zero-order valence-electron chi connectivity index (χ0n) is 13.1. The topological polar surface area (TPSA) is 89.6 Å². The van der Waals surface area contributed by atoms with Crippen molar-refractivity contribution < 1.29 is 4.52 Å². The Hall–Kier alpha value is -3.19. The lowest BCUT2D eigenvalue weighted by atomic mass is 10.1. The highest BCUT2D eigenvalue weighted by molar-refractivity contribution is 6.30. The van der Waals surface area contributed by atoms with Crippen LogP contribution in [0.25, 0.3) is 28.3 Å². The summed E-state index contributed by atoms with van der Waals surface area (Å²) in [5.74, 6) is -0.337. The van der Waals surface area contributed by atoms with Gasteiger partial charge in [0, 0.05) is 16.1 Å². The van der Waals surface area contributed by atoms with Crippen molar-refractivity contribution in [2.45, 2.75) is 6.92 Å². The molecule has 4 rings (SSSR count). The number of halogens is 1. The summed E-state index contributed by atoms with van der Waals surface area (Å²) in [5, 5.41) is 12.5. The molecule has 8 heteroatoms. The summed E-state index contributed by atoms with van der Waals surface area (Å²) in [6.45, 7) is 2.02. The Balaban J connectivity index is 1.93. The Labute approximate surface area is 146 Å². The summed E-state index contributed by atoms with van der Waals surface area (Å²) in [5.41, 5.74) is 4.13. The van der Waals surface area contributed by atoms with Crippen molar-refractivity contribution in [3.63, 3.8) is 0 Å². The first-order valence-electron chi connectivity index (χ1n) is 7.46.